The lowest BCUT2D eigenvalue weighted by Crippen LogP contribution is -2.34. The van der Waals surface area contributed by atoms with Crippen molar-refractivity contribution in [1.29, 1.82) is 0 Å². The summed E-state index contributed by atoms with van der Waals surface area (Å²) in [4.78, 5) is 26.3. The smallest absolute Gasteiger partial charge is 0.416 e. The summed E-state index contributed by atoms with van der Waals surface area (Å²) in [7, 11) is 0. The quantitative estimate of drug-likeness (QED) is 0.276. The molecule has 1 amide bonds. The number of amides is 1. The zero-order valence-corrected chi connectivity index (χ0v) is 20.2. The number of fused-ring (bicyclic) bond motifs is 1. The van der Waals surface area contributed by atoms with E-state index in [1.807, 2.05) is 0 Å². The summed E-state index contributed by atoms with van der Waals surface area (Å²) in [6.45, 7) is 1.63. The van der Waals surface area contributed by atoms with E-state index in [0.717, 1.165) is 18.2 Å². The van der Waals surface area contributed by atoms with Crippen molar-refractivity contribution in [3.63, 3.8) is 0 Å². The van der Waals surface area contributed by atoms with E-state index in [-0.39, 0.29) is 34.0 Å². The highest BCUT2D eigenvalue weighted by Crippen LogP contribution is 2.35. The highest BCUT2D eigenvalue weighted by molar-refractivity contribution is 6.33. The average molecular weight is 536 g/mol. The SMILES string of the molecule is CCC(Oc1c(-c2ccc(Cl)cc2)oc2ccccc2c1=O)C(=O)Nc1cc(C(F)(F)F)ccc1Cl. The zero-order valence-electron chi connectivity index (χ0n) is 18.7. The van der Waals surface area contributed by atoms with Gasteiger partial charge in [-0.2, -0.15) is 13.2 Å². The van der Waals surface area contributed by atoms with Gasteiger partial charge in [0.05, 0.1) is 21.7 Å². The molecule has 0 radical (unpaired) electrons. The first-order chi connectivity index (χ1) is 17.1. The summed E-state index contributed by atoms with van der Waals surface area (Å²) in [5.74, 6) is -0.916. The van der Waals surface area contributed by atoms with Gasteiger partial charge in [0.1, 0.15) is 5.58 Å². The van der Waals surface area contributed by atoms with Gasteiger partial charge in [0.15, 0.2) is 11.9 Å². The summed E-state index contributed by atoms with van der Waals surface area (Å²) in [6, 6.07) is 15.6. The maximum atomic E-state index is 13.3. The molecule has 1 atom stereocenters. The summed E-state index contributed by atoms with van der Waals surface area (Å²) in [5, 5.41) is 2.99. The van der Waals surface area contributed by atoms with Crippen LogP contribution < -0.4 is 15.5 Å². The third-order valence-electron chi connectivity index (χ3n) is 5.34. The van der Waals surface area contributed by atoms with Crippen LogP contribution in [0, 0.1) is 0 Å². The standard InChI is InChI=1S/C26H18Cl2F3NO4/c1-2-20(25(34)32-19-13-15(26(29,30)31)9-12-18(19)28)35-24-22(33)17-5-3-4-6-21(17)36-23(24)14-7-10-16(27)11-8-14/h3-13,20H,2H2,1H3,(H,32,34). The van der Waals surface area contributed by atoms with Crippen molar-refractivity contribution < 1.29 is 27.1 Å². The number of rotatable bonds is 6. The Balaban J connectivity index is 1.73. The van der Waals surface area contributed by atoms with Crippen LogP contribution in [0.3, 0.4) is 0 Å². The average Bonchev–Trinajstić information content (AvgIpc) is 2.84. The van der Waals surface area contributed by atoms with Crippen molar-refractivity contribution in [2.45, 2.75) is 25.6 Å². The van der Waals surface area contributed by atoms with E-state index in [1.54, 1.807) is 55.5 Å². The number of nitrogens with one attached hydrogen (secondary N) is 1. The fraction of sp³-hybridized carbons (Fsp3) is 0.154. The lowest BCUT2D eigenvalue weighted by molar-refractivity contribution is -0.137. The second-order valence-corrected chi connectivity index (χ2v) is 8.63. The first-order valence-corrected chi connectivity index (χ1v) is 11.5. The Morgan fingerprint density at radius 3 is 2.42 bits per heavy atom. The van der Waals surface area contributed by atoms with E-state index in [1.165, 1.54) is 0 Å². The topological polar surface area (TPSA) is 68.5 Å². The molecule has 36 heavy (non-hydrogen) atoms. The fourth-order valence-electron chi connectivity index (χ4n) is 3.50. The van der Waals surface area contributed by atoms with Gasteiger partial charge in [0, 0.05) is 10.6 Å². The van der Waals surface area contributed by atoms with Gasteiger partial charge in [-0.15, -0.1) is 0 Å². The van der Waals surface area contributed by atoms with Crippen LogP contribution in [-0.2, 0) is 11.0 Å². The van der Waals surface area contributed by atoms with Gasteiger partial charge in [-0.05, 0) is 61.0 Å². The minimum Gasteiger partial charge on any atom is -0.473 e. The lowest BCUT2D eigenvalue weighted by atomic mass is 10.1. The zero-order chi connectivity index (χ0) is 26.0. The number of hydrogen-bond acceptors (Lipinski definition) is 4. The predicted octanol–water partition coefficient (Wildman–Crippen LogP) is 7.58. The number of hydrogen-bond donors (Lipinski definition) is 1. The molecule has 4 rings (SSSR count). The minimum atomic E-state index is -4.62. The Kier molecular flexibility index (Phi) is 7.28. The number of benzene rings is 3. The second kappa shape index (κ2) is 10.2. The van der Waals surface area contributed by atoms with Gasteiger partial charge < -0.3 is 14.5 Å². The monoisotopic (exact) mass is 535 g/mol. The van der Waals surface area contributed by atoms with Crippen molar-refractivity contribution >= 4 is 45.8 Å². The van der Waals surface area contributed by atoms with Crippen LogP contribution >= 0.6 is 23.2 Å². The van der Waals surface area contributed by atoms with E-state index in [9.17, 15) is 22.8 Å². The van der Waals surface area contributed by atoms with Gasteiger partial charge in [-0.1, -0.05) is 42.3 Å². The molecule has 0 aliphatic rings. The first-order valence-electron chi connectivity index (χ1n) is 10.7. The number of carbonyl (C=O) groups is 1. The second-order valence-electron chi connectivity index (χ2n) is 7.79. The number of alkyl halides is 3. The third-order valence-corrected chi connectivity index (χ3v) is 5.92. The van der Waals surface area contributed by atoms with Crippen LogP contribution in [0.4, 0.5) is 18.9 Å². The Morgan fingerprint density at radius 2 is 1.75 bits per heavy atom. The molecule has 0 saturated heterocycles. The molecule has 0 aliphatic carbocycles. The maximum absolute atomic E-state index is 13.3. The van der Waals surface area contributed by atoms with E-state index in [4.69, 9.17) is 32.4 Å². The molecule has 0 saturated carbocycles. The molecule has 5 nitrogen and oxygen atoms in total. The summed E-state index contributed by atoms with van der Waals surface area (Å²) < 4.78 is 51.2. The van der Waals surface area contributed by atoms with Gasteiger partial charge in [0.2, 0.25) is 11.2 Å². The molecule has 0 fully saturated rings. The normalized spacial score (nSPS) is 12.4. The highest BCUT2D eigenvalue weighted by Gasteiger charge is 2.32. The Bertz CT molecular complexity index is 1480. The van der Waals surface area contributed by atoms with E-state index >= 15 is 0 Å². The molecule has 0 aliphatic heterocycles. The Hall–Kier alpha value is -3.49. The van der Waals surface area contributed by atoms with Crippen molar-refractivity contribution in [3.8, 4) is 17.1 Å². The number of halogens is 5. The van der Waals surface area contributed by atoms with Crippen LogP contribution in [0.25, 0.3) is 22.3 Å². The molecule has 4 aromatic rings. The van der Waals surface area contributed by atoms with Crippen molar-refractivity contribution in [3.05, 3.63) is 92.6 Å². The molecular formula is C26H18Cl2F3NO4. The highest BCUT2D eigenvalue weighted by atomic mass is 35.5. The van der Waals surface area contributed by atoms with Gasteiger partial charge in [-0.3, -0.25) is 9.59 Å². The maximum Gasteiger partial charge on any atom is 0.416 e. The van der Waals surface area contributed by atoms with Gasteiger partial charge in [-0.25, -0.2) is 0 Å². The molecule has 3 aromatic carbocycles. The first kappa shape index (κ1) is 25.6. The minimum absolute atomic E-state index is 0.0821. The molecule has 186 valence electrons. The largest absolute Gasteiger partial charge is 0.473 e. The molecule has 1 N–H and O–H groups in total. The van der Waals surface area contributed by atoms with E-state index in [2.05, 4.69) is 5.32 Å². The third kappa shape index (κ3) is 5.34. The van der Waals surface area contributed by atoms with Crippen LogP contribution in [0.1, 0.15) is 18.9 Å². The van der Waals surface area contributed by atoms with E-state index in [0.29, 0.717) is 16.2 Å². The molecule has 1 unspecified atom stereocenters. The van der Waals surface area contributed by atoms with Crippen LogP contribution in [-0.4, -0.2) is 12.0 Å². The number of carbonyl (C=O) groups excluding carboxylic acids is 1. The summed E-state index contributed by atoms with van der Waals surface area (Å²) in [6.07, 6.45) is -5.78. The van der Waals surface area contributed by atoms with E-state index < -0.39 is 29.2 Å². The molecule has 1 heterocycles. The molecule has 0 bridgehead atoms. The number of para-hydroxylation sites is 1. The molecule has 10 heteroatoms. The molecule has 1 aromatic heterocycles. The molecular weight excluding hydrogens is 518 g/mol. The Labute approximate surface area is 213 Å². The van der Waals surface area contributed by atoms with Crippen LogP contribution in [0.5, 0.6) is 5.75 Å². The van der Waals surface area contributed by atoms with Crippen LogP contribution in [0.2, 0.25) is 10.0 Å². The van der Waals surface area contributed by atoms with Crippen molar-refractivity contribution in [2.75, 3.05) is 5.32 Å². The van der Waals surface area contributed by atoms with Gasteiger partial charge >= 0.3 is 6.18 Å². The van der Waals surface area contributed by atoms with Crippen molar-refractivity contribution in [2.24, 2.45) is 0 Å². The molecule has 0 spiro atoms. The number of ether oxygens (including phenoxy) is 1. The lowest BCUT2D eigenvalue weighted by Gasteiger charge is -2.20. The number of anilines is 1. The summed E-state index contributed by atoms with van der Waals surface area (Å²) >= 11 is 12.0. The predicted molar refractivity (Wildman–Crippen MR) is 133 cm³/mol. The fourth-order valence-corrected chi connectivity index (χ4v) is 3.79. The van der Waals surface area contributed by atoms with Gasteiger partial charge in [0.25, 0.3) is 5.91 Å². The van der Waals surface area contributed by atoms with Crippen LogP contribution in [0.15, 0.2) is 75.9 Å². The summed E-state index contributed by atoms with van der Waals surface area (Å²) in [5.41, 5.74) is -0.926. The van der Waals surface area contributed by atoms with Crippen molar-refractivity contribution in [1.82, 2.24) is 0 Å². The Morgan fingerprint density at radius 1 is 1.06 bits per heavy atom.